The lowest BCUT2D eigenvalue weighted by molar-refractivity contribution is 0.0696. The number of aryl methyl sites for hydroxylation is 1. The van der Waals surface area contributed by atoms with E-state index in [1.54, 1.807) is 7.11 Å². The van der Waals surface area contributed by atoms with Crippen molar-refractivity contribution in [2.24, 2.45) is 0 Å². The highest BCUT2D eigenvalue weighted by Crippen LogP contribution is 2.39. The number of hydrogen-bond acceptors (Lipinski definition) is 3. The summed E-state index contributed by atoms with van der Waals surface area (Å²) in [5.41, 5.74) is 3.01. The van der Waals surface area contributed by atoms with Gasteiger partial charge in [-0.2, -0.15) is 0 Å². The number of methoxy groups -OCH3 is 1. The molecular weight excluding hydrogens is 332 g/mol. The van der Waals surface area contributed by atoms with Crippen molar-refractivity contribution >= 4 is 23.0 Å². The van der Waals surface area contributed by atoms with Crippen LogP contribution >= 0.6 is 12.2 Å². The molecule has 1 aliphatic rings. The number of rotatable bonds is 3. The molecule has 1 heterocycles. The molecule has 0 fully saturated rings. The van der Waals surface area contributed by atoms with Gasteiger partial charge in [-0.25, -0.2) is 0 Å². The number of ether oxygens (including phenoxy) is 2. The van der Waals surface area contributed by atoms with Gasteiger partial charge in [-0.3, -0.25) is 0 Å². The van der Waals surface area contributed by atoms with Gasteiger partial charge in [-0.15, -0.1) is 0 Å². The van der Waals surface area contributed by atoms with Gasteiger partial charge in [-0.1, -0.05) is 23.8 Å². The molecule has 0 saturated carbocycles. The van der Waals surface area contributed by atoms with E-state index in [9.17, 15) is 0 Å². The van der Waals surface area contributed by atoms with Gasteiger partial charge in [0.1, 0.15) is 17.1 Å². The molecule has 2 aromatic carbocycles. The maximum absolute atomic E-state index is 6.11. The van der Waals surface area contributed by atoms with Crippen LogP contribution in [0.15, 0.2) is 42.5 Å². The van der Waals surface area contributed by atoms with Gasteiger partial charge < -0.3 is 20.1 Å². The van der Waals surface area contributed by atoms with Gasteiger partial charge in [0.15, 0.2) is 5.11 Å². The van der Waals surface area contributed by atoms with Gasteiger partial charge in [0, 0.05) is 23.7 Å². The number of benzene rings is 2. The Hall–Kier alpha value is -2.27. The highest BCUT2D eigenvalue weighted by molar-refractivity contribution is 7.80. The van der Waals surface area contributed by atoms with E-state index in [0.29, 0.717) is 5.11 Å². The van der Waals surface area contributed by atoms with Gasteiger partial charge in [0.05, 0.1) is 13.2 Å². The molecule has 0 amide bonds. The molecule has 1 atom stereocenters. The SMILES string of the molecule is COc1cccc(NC(=S)N[C@@H]2CC(C)(C)Oc3ccc(C)cc32)c1. The normalized spacial score (nSPS) is 17.8. The maximum Gasteiger partial charge on any atom is 0.171 e. The van der Waals surface area contributed by atoms with Crippen molar-refractivity contribution in [3.05, 3.63) is 53.6 Å². The zero-order chi connectivity index (χ0) is 18.0. The van der Waals surface area contributed by atoms with E-state index in [1.807, 2.05) is 30.3 Å². The van der Waals surface area contributed by atoms with Crippen LogP contribution in [0.5, 0.6) is 11.5 Å². The molecule has 132 valence electrons. The van der Waals surface area contributed by atoms with E-state index in [-0.39, 0.29) is 11.6 Å². The molecule has 4 nitrogen and oxygen atoms in total. The Bertz CT molecular complexity index is 789. The molecule has 0 aliphatic carbocycles. The molecule has 2 aromatic rings. The minimum Gasteiger partial charge on any atom is -0.497 e. The second-order valence-electron chi connectivity index (χ2n) is 6.99. The number of nitrogens with one attached hydrogen (secondary N) is 2. The fourth-order valence-electron chi connectivity index (χ4n) is 3.13. The minimum atomic E-state index is -0.245. The third-order valence-electron chi connectivity index (χ3n) is 4.26. The highest BCUT2D eigenvalue weighted by Gasteiger charge is 2.34. The molecule has 0 spiro atoms. The zero-order valence-electron chi connectivity index (χ0n) is 15.1. The quantitative estimate of drug-likeness (QED) is 0.787. The third kappa shape index (κ3) is 4.23. The molecule has 25 heavy (non-hydrogen) atoms. The summed E-state index contributed by atoms with van der Waals surface area (Å²) in [6, 6.07) is 14.1. The maximum atomic E-state index is 6.11. The lowest BCUT2D eigenvalue weighted by Crippen LogP contribution is -2.42. The first-order chi connectivity index (χ1) is 11.9. The molecule has 0 aromatic heterocycles. The van der Waals surface area contributed by atoms with Crippen molar-refractivity contribution in [1.29, 1.82) is 0 Å². The Balaban J connectivity index is 1.77. The first-order valence-corrected chi connectivity index (χ1v) is 8.78. The van der Waals surface area contributed by atoms with Crippen molar-refractivity contribution in [2.75, 3.05) is 12.4 Å². The summed E-state index contributed by atoms with van der Waals surface area (Å²) in [5.74, 6) is 1.71. The van der Waals surface area contributed by atoms with Crippen molar-refractivity contribution in [1.82, 2.24) is 5.32 Å². The largest absolute Gasteiger partial charge is 0.497 e. The number of fused-ring (bicyclic) bond motifs is 1. The van der Waals surface area contributed by atoms with Gasteiger partial charge >= 0.3 is 0 Å². The van der Waals surface area contributed by atoms with Crippen LogP contribution in [0.1, 0.15) is 37.4 Å². The predicted octanol–water partition coefficient (Wildman–Crippen LogP) is 4.59. The van der Waals surface area contributed by atoms with Crippen molar-refractivity contribution in [3.63, 3.8) is 0 Å². The Morgan fingerprint density at radius 1 is 1.24 bits per heavy atom. The minimum absolute atomic E-state index is 0.101. The van der Waals surface area contributed by atoms with Gasteiger partial charge in [-0.05, 0) is 51.2 Å². The van der Waals surface area contributed by atoms with Crippen LogP contribution in [-0.4, -0.2) is 17.8 Å². The Morgan fingerprint density at radius 2 is 2.04 bits per heavy atom. The smallest absolute Gasteiger partial charge is 0.171 e. The first-order valence-electron chi connectivity index (χ1n) is 8.37. The second kappa shape index (κ2) is 6.92. The van der Waals surface area contributed by atoms with E-state index in [4.69, 9.17) is 21.7 Å². The lowest BCUT2D eigenvalue weighted by atomic mass is 9.89. The molecular formula is C20H24N2O2S. The first kappa shape index (κ1) is 17.5. The van der Waals surface area contributed by atoms with Crippen LogP contribution in [-0.2, 0) is 0 Å². The van der Waals surface area contributed by atoms with E-state index in [0.717, 1.165) is 29.2 Å². The molecule has 0 unspecified atom stereocenters. The highest BCUT2D eigenvalue weighted by atomic mass is 32.1. The summed E-state index contributed by atoms with van der Waals surface area (Å²) < 4.78 is 11.4. The third-order valence-corrected chi connectivity index (χ3v) is 4.48. The molecule has 1 aliphatic heterocycles. The fraction of sp³-hybridized carbons (Fsp3) is 0.350. The summed E-state index contributed by atoms with van der Waals surface area (Å²) in [6.07, 6.45) is 0.837. The zero-order valence-corrected chi connectivity index (χ0v) is 15.9. The summed E-state index contributed by atoms with van der Waals surface area (Å²) in [4.78, 5) is 0. The average molecular weight is 356 g/mol. The number of thiocarbonyl (C=S) groups is 1. The molecule has 5 heteroatoms. The number of hydrogen-bond donors (Lipinski definition) is 2. The van der Waals surface area contributed by atoms with Crippen LogP contribution in [0, 0.1) is 6.92 Å². The molecule has 3 rings (SSSR count). The topological polar surface area (TPSA) is 42.5 Å². The Morgan fingerprint density at radius 3 is 2.80 bits per heavy atom. The van der Waals surface area contributed by atoms with Gasteiger partial charge in [0.2, 0.25) is 0 Å². The predicted molar refractivity (Wildman–Crippen MR) is 106 cm³/mol. The summed E-state index contributed by atoms with van der Waals surface area (Å²) in [5, 5.41) is 7.27. The van der Waals surface area contributed by atoms with Crippen LogP contribution in [0.3, 0.4) is 0 Å². The van der Waals surface area contributed by atoms with E-state index < -0.39 is 0 Å². The van der Waals surface area contributed by atoms with Crippen LogP contribution in [0.4, 0.5) is 5.69 Å². The van der Waals surface area contributed by atoms with E-state index >= 15 is 0 Å². The molecule has 2 N–H and O–H groups in total. The monoisotopic (exact) mass is 356 g/mol. The van der Waals surface area contributed by atoms with Gasteiger partial charge in [0.25, 0.3) is 0 Å². The van der Waals surface area contributed by atoms with Crippen LogP contribution in [0.25, 0.3) is 0 Å². The molecule has 0 bridgehead atoms. The standard InChI is InChI=1S/C20H24N2O2S/c1-13-8-9-18-16(10-13)17(12-20(2,3)24-18)22-19(25)21-14-6-5-7-15(11-14)23-4/h5-11,17H,12H2,1-4H3,(H2,21,22,25)/t17-/m1/s1. The fourth-order valence-corrected chi connectivity index (χ4v) is 3.39. The average Bonchev–Trinajstić information content (AvgIpc) is 2.55. The van der Waals surface area contributed by atoms with Crippen LogP contribution in [0.2, 0.25) is 0 Å². The summed E-state index contributed by atoms with van der Waals surface area (Å²) in [6.45, 7) is 6.29. The van der Waals surface area contributed by atoms with E-state index in [1.165, 1.54) is 5.56 Å². The summed E-state index contributed by atoms with van der Waals surface area (Å²) in [7, 11) is 1.65. The van der Waals surface area contributed by atoms with Crippen molar-refractivity contribution in [3.8, 4) is 11.5 Å². The second-order valence-corrected chi connectivity index (χ2v) is 7.40. The van der Waals surface area contributed by atoms with Crippen molar-refractivity contribution < 1.29 is 9.47 Å². The Labute approximate surface area is 154 Å². The molecule has 0 saturated heterocycles. The molecule has 0 radical (unpaired) electrons. The lowest BCUT2D eigenvalue weighted by Gasteiger charge is -2.38. The summed E-state index contributed by atoms with van der Waals surface area (Å²) >= 11 is 5.53. The Kier molecular flexibility index (Phi) is 4.86. The van der Waals surface area contributed by atoms with E-state index in [2.05, 4.69) is 43.5 Å². The number of anilines is 1. The van der Waals surface area contributed by atoms with Crippen molar-refractivity contribution in [2.45, 2.75) is 38.8 Å². The van der Waals surface area contributed by atoms with Crippen LogP contribution < -0.4 is 20.1 Å².